The number of carbonyl (C=O) groups excluding carboxylic acids is 1. The Morgan fingerprint density at radius 1 is 1.42 bits per heavy atom. The second kappa shape index (κ2) is 4.98. The van der Waals surface area contributed by atoms with Crippen molar-refractivity contribution >= 4 is 13.0 Å². The zero-order valence-electron chi connectivity index (χ0n) is 11.2. The molecule has 0 bridgehead atoms. The van der Waals surface area contributed by atoms with Gasteiger partial charge in [-0.2, -0.15) is 0 Å². The first-order chi connectivity index (χ1) is 9.16. The van der Waals surface area contributed by atoms with Crippen molar-refractivity contribution in [3.05, 3.63) is 35.4 Å². The second-order valence-electron chi connectivity index (χ2n) is 5.55. The van der Waals surface area contributed by atoms with Crippen molar-refractivity contribution in [1.29, 1.82) is 0 Å². The van der Waals surface area contributed by atoms with E-state index in [4.69, 9.17) is 0 Å². The third kappa shape index (κ3) is 2.28. The quantitative estimate of drug-likeness (QED) is 0.783. The molecule has 2 aliphatic heterocycles. The molecule has 1 aromatic carbocycles. The molecule has 5 heteroatoms. The van der Waals surface area contributed by atoms with E-state index in [1.165, 1.54) is 11.1 Å². The molecule has 2 unspecified atom stereocenters. The molecule has 1 fully saturated rings. The van der Waals surface area contributed by atoms with Gasteiger partial charge < -0.3 is 15.2 Å². The van der Waals surface area contributed by atoms with Gasteiger partial charge in [0.05, 0.1) is 0 Å². The lowest BCUT2D eigenvalue weighted by molar-refractivity contribution is -0.124. The van der Waals surface area contributed by atoms with Crippen LogP contribution in [0, 0.1) is 5.92 Å². The molecule has 0 spiro atoms. The molecule has 0 aromatic heterocycles. The van der Waals surface area contributed by atoms with Crippen molar-refractivity contribution < 1.29 is 9.82 Å². The standard InChI is InChI=1S/C14H19BN2O2/c1-15(19)17-9-11-4-2-3-5-12(11)14(17)10-6-7-16-13(18)8-10/h2-5,10,14,19H,6-9H2,1H3,(H,16,18). The lowest BCUT2D eigenvalue weighted by Gasteiger charge is -2.35. The Balaban J connectivity index is 1.93. The van der Waals surface area contributed by atoms with Crippen LogP contribution in [0.5, 0.6) is 0 Å². The number of rotatable bonds is 2. The minimum Gasteiger partial charge on any atom is -0.437 e. The van der Waals surface area contributed by atoms with E-state index in [-0.39, 0.29) is 11.9 Å². The zero-order chi connectivity index (χ0) is 13.4. The Morgan fingerprint density at radius 2 is 2.21 bits per heavy atom. The molecule has 2 atom stereocenters. The SMILES string of the molecule is CB(O)N1Cc2ccccc2C1C1CCNC(=O)C1. The van der Waals surface area contributed by atoms with Crippen LogP contribution in [0.25, 0.3) is 0 Å². The van der Waals surface area contributed by atoms with Crippen LogP contribution in [0.4, 0.5) is 0 Å². The largest absolute Gasteiger partial charge is 0.437 e. The Morgan fingerprint density at radius 3 is 2.95 bits per heavy atom. The number of nitrogens with zero attached hydrogens (tertiary/aromatic N) is 1. The van der Waals surface area contributed by atoms with E-state index in [0.717, 1.165) is 19.5 Å². The molecule has 1 saturated heterocycles. The fourth-order valence-electron chi connectivity index (χ4n) is 3.41. The van der Waals surface area contributed by atoms with Gasteiger partial charge in [0.15, 0.2) is 0 Å². The summed E-state index contributed by atoms with van der Waals surface area (Å²) in [5, 5.41) is 12.9. The first-order valence-electron chi connectivity index (χ1n) is 6.95. The molecule has 0 saturated carbocycles. The maximum atomic E-state index is 11.6. The minimum absolute atomic E-state index is 0.131. The van der Waals surface area contributed by atoms with Gasteiger partial charge in [-0.05, 0) is 30.3 Å². The molecule has 4 nitrogen and oxygen atoms in total. The van der Waals surface area contributed by atoms with E-state index in [9.17, 15) is 9.82 Å². The van der Waals surface area contributed by atoms with E-state index < -0.39 is 7.05 Å². The Bertz CT molecular complexity index is 492. The van der Waals surface area contributed by atoms with Gasteiger partial charge >= 0.3 is 7.05 Å². The van der Waals surface area contributed by atoms with Gasteiger partial charge in [-0.15, -0.1) is 0 Å². The third-order valence-corrected chi connectivity index (χ3v) is 4.30. The molecule has 100 valence electrons. The number of hydrogen-bond acceptors (Lipinski definition) is 3. The summed E-state index contributed by atoms with van der Waals surface area (Å²) in [6.07, 6.45) is 1.54. The number of fused-ring (bicyclic) bond motifs is 1. The first-order valence-corrected chi connectivity index (χ1v) is 6.95. The Kier molecular flexibility index (Phi) is 3.33. The number of hydrogen-bond donors (Lipinski definition) is 2. The van der Waals surface area contributed by atoms with Crippen molar-refractivity contribution in [2.75, 3.05) is 6.54 Å². The molecule has 19 heavy (non-hydrogen) atoms. The summed E-state index contributed by atoms with van der Waals surface area (Å²) < 4.78 is 0. The van der Waals surface area contributed by atoms with Crippen LogP contribution < -0.4 is 5.32 Å². The van der Waals surface area contributed by atoms with E-state index in [0.29, 0.717) is 12.3 Å². The molecule has 2 heterocycles. The number of nitrogens with one attached hydrogen (secondary N) is 1. The monoisotopic (exact) mass is 258 g/mol. The molecular formula is C14H19BN2O2. The molecular weight excluding hydrogens is 239 g/mol. The lowest BCUT2D eigenvalue weighted by Crippen LogP contribution is -2.43. The predicted octanol–water partition coefficient (Wildman–Crippen LogP) is 1.18. The highest BCUT2D eigenvalue weighted by molar-refractivity contribution is 6.45. The van der Waals surface area contributed by atoms with E-state index in [1.54, 1.807) is 0 Å². The van der Waals surface area contributed by atoms with E-state index in [2.05, 4.69) is 22.3 Å². The fourth-order valence-corrected chi connectivity index (χ4v) is 3.41. The number of benzene rings is 1. The highest BCUT2D eigenvalue weighted by Gasteiger charge is 2.40. The van der Waals surface area contributed by atoms with Crippen molar-refractivity contribution in [3.63, 3.8) is 0 Å². The lowest BCUT2D eigenvalue weighted by atomic mass is 9.78. The predicted molar refractivity (Wildman–Crippen MR) is 74.3 cm³/mol. The third-order valence-electron chi connectivity index (χ3n) is 4.30. The number of amides is 1. The average molecular weight is 258 g/mol. The maximum Gasteiger partial charge on any atom is 0.377 e. The van der Waals surface area contributed by atoms with Gasteiger partial charge in [0.2, 0.25) is 5.91 Å². The van der Waals surface area contributed by atoms with Crippen LogP contribution in [0.1, 0.15) is 30.0 Å². The summed E-state index contributed by atoms with van der Waals surface area (Å²) in [6, 6.07) is 8.50. The zero-order valence-corrected chi connectivity index (χ0v) is 11.2. The first kappa shape index (κ1) is 12.7. The van der Waals surface area contributed by atoms with Crippen LogP contribution in [-0.4, -0.2) is 29.3 Å². The summed E-state index contributed by atoms with van der Waals surface area (Å²) in [7, 11) is -0.484. The topological polar surface area (TPSA) is 52.6 Å². The van der Waals surface area contributed by atoms with Crippen LogP contribution in [-0.2, 0) is 11.3 Å². The fraction of sp³-hybridized carbons (Fsp3) is 0.500. The van der Waals surface area contributed by atoms with Crippen molar-refractivity contribution in [2.24, 2.45) is 5.92 Å². The van der Waals surface area contributed by atoms with Crippen LogP contribution >= 0.6 is 0 Å². The molecule has 1 aromatic rings. The normalized spacial score (nSPS) is 26.9. The number of piperidine rings is 1. The van der Waals surface area contributed by atoms with Crippen molar-refractivity contribution in [2.45, 2.75) is 32.3 Å². The van der Waals surface area contributed by atoms with E-state index in [1.807, 2.05) is 19.0 Å². The van der Waals surface area contributed by atoms with E-state index >= 15 is 0 Å². The summed E-state index contributed by atoms with van der Waals surface area (Å²) in [6.45, 7) is 3.33. The van der Waals surface area contributed by atoms with Crippen molar-refractivity contribution in [1.82, 2.24) is 10.1 Å². The van der Waals surface area contributed by atoms with Crippen LogP contribution in [0.2, 0.25) is 6.82 Å². The van der Waals surface area contributed by atoms with Gasteiger partial charge in [-0.3, -0.25) is 4.79 Å². The summed E-state index contributed by atoms with van der Waals surface area (Å²) in [4.78, 5) is 13.7. The molecule has 0 aliphatic carbocycles. The Labute approximate surface area is 113 Å². The average Bonchev–Trinajstić information content (AvgIpc) is 2.78. The van der Waals surface area contributed by atoms with Gasteiger partial charge in [-0.25, -0.2) is 0 Å². The van der Waals surface area contributed by atoms with Gasteiger partial charge in [0.1, 0.15) is 0 Å². The summed E-state index contributed by atoms with van der Waals surface area (Å²) in [5.41, 5.74) is 2.56. The summed E-state index contributed by atoms with van der Waals surface area (Å²) >= 11 is 0. The minimum atomic E-state index is -0.484. The molecule has 2 N–H and O–H groups in total. The van der Waals surface area contributed by atoms with Crippen molar-refractivity contribution in [3.8, 4) is 0 Å². The number of carbonyl (C=O) groups is 1. The van der Waals surface area contributed by atoms with Gasteiger partial charge in [0.25, 0.3) is 0 Å². The Hall–Kier alpha value is -1.33. The van der Waals surface area contributed by atoms with Crippen LogP contribution in [0.3, 0.4) is 0 Å². The second-order valence-corrected chi connectivity index (χ2v) is 5.55. The highest BCUT2D eigenvalue weighted by Crippen LogP contribution is 2.42. The van der Waals surface area contributed by atoms with Gasteiger partial charge in [-0.1, -0.05) is 24.3 Å². The van der Waals surface area contributed by atoms with Crippen LogP contribution in [0.15, 0.2) is 24.3 Å². The van der Waals surface area contributed by atoms with Gasteiger partial charge in [0, 0.05) is 25.6 Å². The summed E-state index contributed by atoms with van der Waals surface area (Å²) in [5.74, 6) is 0.429. The highest BCUT2D eigenvalue weighted by atomic mass is 16.2. The molecule has 0 radical (unpaired) electrons. The maximum absolute atomic E-state index is 11.6. The molecule has 3 rings (SSSR count). The molecule has 1 amide bonds. The molecule has 2 aliphatic rings. The smallest absolute Gasteiger partial charge is 0.377 e.